The van der Waals surface area contributed by atoms with E-state index in [9.17, 15) is 0 Å². The predicted octanol–water partition coefficient (Wildman–Crippen LogP) is 3.28. The van der Waals surface area contributed by atoms with Crippen LogP contribution in [0.3, 0.4) is 0 Å². The molecule has 1 aliphatic carbocycles. The van der Waals surface area contributed by atoms with Gasteiger partial charge in [-0.25, -0.2) is 0 Å². The first-order valence-electron chi connectivity index (χ1n) is 6.11. The van der Waals surface area contributed by atoms with E-state index in [2.05, 4.69) is 27.8 Å². The highest BCUT2D eigenvalue weighted by Crippen LogP contribution is 2.31. The van der Waals surface area contributed by atoms with Gasteiger partial charge in [0.2, 0.25) is 0 Å². The maximum Gasteiger partial charge on any atom is 0.0218 e. The molecule has 0 bridgehead atoms. The van der Waals surface area contributed by atoms with Crippen LogP contribution in [0.15, 0.2) is 0 Å². The van der Waals surface area contributed by atoms with Crippen LogP contribution in [0.25, 0.3) is 0 Å². The van der Waals surface area contributed by atoms with Crippen LogP contribution in [0.2, 0.25) is 0 Å². The molecule has 2 fully saturated rings. The Hall–Kier alpha value is 0.440. The van der Waals surface area contributed by atoms with Crippen molar-refractivity contribution in [1.29, 1.82) is 0 Å². The van der Waals surface area contributed by atoms with Gasteiger partial charge in [-0.05, 0) is 37.6 Å². The molecule has 1 saturated carbocycles. The molecule has 0 N–H and O–H groups in total. The van der Waals surface area contributed by atoms with Gasteiger partial charge < -0.3 is 0 Å². The number of halogens is 1. The summed E-state index contributed by atoms with van der Waals surface area (Å²) in [5, 5.41) is 1.17. The maximum atomic E-state index is 3.66. The number of hydrogen-bond acceptors (Lipinski definition) is 1. The minimum Gasteiger partial charge on any atom is -0.299 e. The lowest BCUT2D eigenvalue weighted by atomic mass is 10.0. The largest absolute Gasteiger partial charge is 0.299 e. The summed E-state index contributed by atoms with van der Waals surface area (Å²) in [6, 6.07) is 0.815. The number of hydrogen-bond donors (Lipinski definition) is 0. The molecule has 82 valence electrons. The first-order chi connectivity index (χ1) is 6.81. The van der Waals surface area contributed by atoms with E-state index >= 15 is 0 Å². The van der Waals surface area contributed by atoms with E-state index in [1.54, 1.807) is 0 Å². The zero-order chi connectivity index (χ0) is 9.97. The monoisotopic (exact) mass is 259 g/mol. The van der Waals surface area contributed by atoms with Crippen LogP contribution in [0, 0.1) is 11.8 Å². The van der Waals surface area contributed by atoms with E-state index in [1.807, 2.05) is 0 Å². The highest BCUT2D eigenvalue weighted by Gasteiger charge is 2.31. The summed E-state index contributed by atoms with van der Waals surface area (Å²) in [7, 11) is 0. The summed E-state index contributed by atoms with van der Waals surface area (Å²) in [4.78, 5) is 2.73. The normalized spacial score (nSPS) is 35.6. The lowest BCUT2D eigenvalue weighted by Crippen LogP contribution is -2.36. The van der Waals surface area contributed by atoms with Crippen molar-refractivity contribution in [3.8, 4) is 0 Å². The Balaban J connectivity index is 1.84. The third kappa shape index (κ3) is 2.33. The summed E-state index contributed by atoms with van der Waals surface area (Å²) in [5.74, 6) is 1.91. The number of rotatable bonds is 3. The Labute approximate surface area is 96.4 Å². The zero-order valence-electron chi connectivity index (χ0n) is 9.21. The molecule has 2 aliphatic rings. The second kappa shape index (κ2) is 4.98. The number of likely N-dealkylation sites (tertiary alicyclic amines) is 1. The smallest absolute Gasteiger partial charge is 0.0218 e. The zero-order valence-corrected chi connectivity index (χ0v) is 10.8. The third-order valence-electron chi connectivity index (χ3n) is 4.12. The van der Waals surface area contributed by atoms with E-state index in [1.165, 1.54) is 50.5 Å². The second-order valence-corrected chi connectivity index (χ2v) is 5.78. The molecular weight excluding hydrogens is 238 g/mol. The van der Waals surface area contributed by atoms with Crippen LogP contribution in [-0.2, 0) is 0 Å². The molecule has 1 heterocycles. The van der Waals surface area contributed by atoms with Crippen molar-refractivity contribution >= 4 is 15.9 Å². The van der Waals surface area contributed by atoms with Crippen LogP contribution in [0.4, 0.5) is 0 Å². The van der Waals surface area contributed by atoms with Gasteiger partial charge in [0, 0.05) is 17.9 Å². The molecular formula is C12H22BrN. The van der Waals surface area contributed by atoms with Gasteiger partial charge >= 0.3 is 0 Å². The van der Waals surface area contributed by atoms with Crippen molar-refractivity contribution in [1.82, 2.24) is 4.90 Å². The van der Waals surface area contributed by atoms with Crippen molar-refractivity contribution in [2.75, 3.05) is 18.4 Å². The van der Waals surface area contributed by atoms with E-state index < -0.39 is 0 Å². The fourth-order valence-electron chi connectivity index (χ4n) is 3.09. The molecule has 0 radical (unpaired) electrons. The topological polar surface area (TPSA) is 3.24 Å². The van der Waals surface area contributed by atoms with Crippen molar-refractivity contribution in [3.63, 3.8) is 0 Å². The third-order valence-corrected chi connectivity index (χ3v) is 4.79. The molecule has 0 aromatic rings. The van der Waals surface area contributed by atoms with Gasteiger partial charge in [-0.2, -0.15) is 0 Å². The van der Waals surface area contributed by atoms with E-state index in [0.29, 0.717) is 0 Å². The van der Waals surface area contributed by atoms with E-state index in [0.717, 1.165) is 17.9 Å². The average Bonchev–Trinajstić information content (AvgIpc) is 2.77. The van der Waals surface area contributed by atoms with Gasteiger partial charge in [-0.15, -0.1) is 0 Å². The summed E-state index contributed by atoms with van der Waals surface area (Å²) < 4.78 is 0. The fraction of sp³-hybridized carbons (Fsp3) is 1.00. The average molecular weight is 260 g/mol. The number of alkyl halides is 1. The van der Waals surface area contributed by atoms with Gasteiger partial charge in [0.15, 0.2) is 0 Å². The Bertz CT molecular complexity index is 177. The van der Waals surface area contributed by atoms with E-state index in [-0.39, 0.29) is 0 Å². The van der Waals surface area contributed by atoms with Gasteiger partial charge in [0.05, 0.1) is 0 Å². The Morgan fingerprint density at radius 1 is 1.21 bits per heavy atom. The summed E-state index contributed by atoms with van der Waals surface area (Å²) in [5.41, 5.74) is 0. The molecule has 1 saturated heterocycles. The molecule has 2 unspecified atom stereocenters. The molecule has 2 heteroatoms. The first-order valence-corrected chi connectivity index (χ1v) is 7.23. The van der Waals surface area contributed by atoms with Crippen LogP contribution >= 0.6 is 15.9 Å². The Morgan fingerprint density at radius 3 is 2.57 bits per heavy atom. The molecule has 14 heavy (non-hydrogen) atoms. The molecule has 0 amide bonds. The van der Waals surface area contributed by atoms with Crippen molar-refractivity contribution in [2.45, 2.75) is 45.1 Å². The lowest BCUT2D eigenvalue weighted by molar-refractivity contribution is 0.215. The molecule has 1 aliphatic heterocycles. The van der Waals surface area contributed by atoms with Gasteiger partial charge in [0.25, 0.3) is 0 Å². The van der Waals surface area contributed by atoms with Crippen LogP contribution in [0.5, 0.6) is 0 Å². The summed E-state index contributed by atoms with van der Waals surface area (Å²) >= 11 is 3.66. The van der Waals surface area contributed by atoms with Gasteiger partial charge in [-0.3, -0.25) is 4.90 Å². The Kier molecular flexibility index (Phi) is 3.89. The van der Waals surface area contributed by atoms with Crippen LogP contribution in [-0.4, -0.2) is 29.4 Å². The predicted molar refractivity (Wildman–Crippen MR) is 64.9 cm³/mol. The fourth-order valence-corrected chi connectivity index (χ4v) is 4.14. The van der Waals surface area contributed by atoms with Crippen molar-refractivity contribution in [2.24, 2.45) is 11.8 Å². The maximum absolute atomic E-state index is 3.66. The minimum absolute atomic E-state index is 0.815. The molecule has 2 rings (SSSR count). The second-order valence-electron chi connectivity index (χ2n) is 5.13. The lowest BCUT2D eigenvalue weighted by Gasteiger charge is -2.27. The summed E-state index contributed by atoms with van der Waals surface area (Å²) in [6.45, 7) is 5.12. The quantitative estimate of drug-likeness (QED) is 0.704. The van der Waals surface area contributed by atoms with Crippen LogP contribution in [0.1, 0.15) is 39.0 Å². The van der Waals surface area contributed by atoms with Gasteiger partial charge in [-0.1, -0.05) is 35.7 Å². The molecule has 2 atom stereocenters. The summed E-state index contributed by atoms with van der Waals surface area (Å²) in [6.07, 6.45) is 7.34. The molecule has 0 spiro atoms. The van der Waals surface area contributed by atoms with Gasteiger partial charge in [0.1, 0.15) is 0 Å². The molecule has 0 aromatic heterocycles. The molecule has 0 aromatic carbocycles. The molecule has 1 nitrogen and oxygen atoms in total. The van der Waals surface area contributed by atoms with E-state index in [4.69, 9.17) is 0 Å². The van der Waals surface area contributed by atoms with Crippen molar-refractivity contribution in [3.05, 3.63) is 0 Å². The number of nitrogens with zero attached hydrogens (tertiary/aromatic N) is 1. The first kappa shape index (κ1) is 10.9. The highest BCUT2D eigenvalue weighted by atomic mass is 79.9. The van der Waals surface area contributed by atoms with Crippen LogP contribution < -0.4 is 0 Å². The Morgan fingerprint density at radius 2 is 1.93 bits per heavy atom. The minimum atomic E-state index is 0.815. The standard InChI is InChI=1S/C12H22BrN/c1-10-6-7-14(12(10)8-13)9-11-4-2-3-5-11/h10-12H,2-9H2,1H3. The highest BCUT2D eigenvalue weighted by molar-refractivity contribution is 9.09. The van der Waals surface area contributed by atoms with Crippen molar-refractivity contribution < 1.29 is 0 Å². The SMILES string of the molecule is CC1CCN(CC2CCCC2)C1CBr.